The van der Waals surface area contributed by atoms with Gasteiger partial charge in [0.2, 0.25) is 11.8 Å². The first kappa shape index (κ1) is 15.0. The Kier molecular flexibility index (Phi) is 4.81. The number of hydrogen-bond donors (Lipinski definition) is 2. The van der Waals surface area contributed by atoms with Crippen LogP contribution in [0.25, 0.3) is 0 Å². The molecule has 5 heteroatoms. The summed E-state index contributed by atoms with van der Waals surface area (Å²) in [6.07, 6.45) is 1.54. The van der Waals surface area contributed by atoms with E-state index in [-0.39, 0.29) is 29.7 Å². The van der Waals surface area contributed by atoms with Crippen LogP contribution >= 0.6 is 15.9 Å². The number of hydrogen-bond acceptors (Lipinski definition) is 2. The molecule has 1 aromatic rings. The number of halogens is 1. The SMILES string of the molecule is CCC(C)NC(=O)C1CC1C(=O)Nc1cccc(Br)c1. The summed E-state index contributed by atoms with van der Waals surface area (Å²) in [6.45, 7) is 3.99. The van der Waals surface area contributed by atoms with E-state index >= 15 is 0 Å². The Balaban J connectivity index is 1.85. The average Bonchev–Trinajstić information content (AvgIpc) is 3.18. The minimum atomic E-state index is -0.196. The molecule has 0 aliphatic heterocycles. The fourth-order valence-corrected chi connectivity index (χ4v) is 2.43. The van der Waals surface area contributed by atoms with E-state index in [1.165, 1.54) is 0 Å². The molecular formula is C15H19BrN2O2. The molecule has 3 atom stereocenters. The van der Waals surface area contributed by atoms with Crippen molar-refractivity contribution in [2.45, 2.75) is 32.7 Å². The van der Waals surface area contributed by atoms with Crippen LogP contribution in [0.3, 0.4) is 0 Å². The molecule has 108 valence electrons. The minimum Gasteiger partial charge on any atom is -0.353 e. The van der Waals surface area contributed by atoms with Gasteiger partial charge in [-0.15, -0.1) is 0 Å². The lowest BCUT2D eigenvalue weighted by molar-refractivity contribution is -0.125. The highest BCUT2D eigenvalue weighted by atomic mass is 79.9. The second-order valence-electron chi connectivity index (χ2n) is 5.27. The van der Waals surface area contributed by atoms with Gasteiger partial charge in [-0.1, -0.05) is 28.9 Å². The molecule has 20 heavy (non-hydrogen) atoms. The van der Waals surface area contributed by atoms with Crippen LogP contribution in [-0.2, 0) is 9.59 Å². The molecule has 1 saturated carbocycles. The summed E-state index contributed by atoms with van der Waals surface area (Å²) in [6, 6.07) is 7.60. The van der Waals surface area contributed by atoms with Crippen molar-refractivity contribution < 1.29 is 9.59 Å². The van der Waals surface area contributed by atoms with Crippen LogP contribution < -0.4 is 10.6 Å². The highest BCUT2D eigenvalue weighted by Crippen LogP contribution is 2.39. The zero-order valence-corrected chi connectivity index (χ0v) is 13.2. The molecule has 0 heterocycles. The van der Waals surface area contributed by atoms with Gasteiger partial charge in [0.1, 0.15) is 0 Å². The number of anilines is 1. The van der Waals surface area contributed by atoms with Gasteiger partial charge in [0.15, 0.2) is 0 Å². The first-order valence-electron chi connectivity index (χ1n) is 6.88. The quantitative estimate of drug-likeness (QED) is 0.867. The Labute approximate surface area is 127 Å². The van der Waals surface area contributed by atoms with Gasteiger partial charge in [0, 0.05) is 16.2 Å². The van der Waals surface area contributed by atoms with Crippen molar-refractivity contribution in [1.82, 2.24) is 5.32 Å². The van der Waals surface area contributed by atoms with E-state index < -0.39 is 0 Å². The lowest BCUT2D eigenvalue weighted by Crippen LogP contribution is -2.34. The van der Waals surface area contributed by atoms with Gasteiger partial charge in [-0.25, -0.2) is 0 Å². The molecule has 3 unspecified atom stereocenters. The van der Waals surface area contributed by atoms with Crippen molar-refractivity contribution in [3.63, 3.8) is 0 Å². The number of rotatable bonds is 5. The molecular weight excluding hydrogens is 320 g/mol. The van der Waals surface area contributed by atoms with Gasteiger partial charge in [-0.2, -0.15) is 0 Å². The van der Waals surface area contributed by atoms with E-state index in [0.29, 0.717) is 6.42 Å². The van der Waals surface area contributed by atoms with Gasteiger partial charge in [-0.3, -0.25) is 9.59 Å². The van der Waals surface area contributed by atoms with Crippen molar-refractivity contribution >= 4 is 33.4 Å². The van der Waals surface area contributed by atoms with Crippen LogP contribution in [0.5, 0.6) is 0 Å². The first-order chi connectivity index (χ1) is 9.51. The molecule has 4 nitrogen and oxygen atoms in total. The fraction of sp³-hybridized carbons (Fsp3) is 0.467. The Bertz CT molecular complexity index is 518. The predicted octanol–water partition coefficient (Wildman–Crippen LogP) is 2.94. The van der Waals surface area contributed by atoms with Crippen molar-refractivity contribution in [3.8, 4) is 0 Å². The second kappa shape index (κ2) is 6.39. The monoisotopic (exact) mass is 338 g/mol. The summed E-state index contributed by atoms with van der Waals surface area (Å²) >= 11 is 3.36. The van der Waals surface area contributed by atoms with Crippen LogP contribution in [0.4, 0.5) is 5.69 Å². The standard InChI is InChI=1S/C15H19BrN2O2/c1-3-9(2)17-14(19)12-8-13(12)15(20)18-11-6-4-5-10(16)7-11/h4-7,9,12-13H,3,8H2,1-2H3,(H,17,19)(H,18,20). The van der Waals surface area contributed by atoms with Crippen molar-refractivity contribution in [3.05, 3.63) is 28.7 Å². The third-order valence-electron chi connectivity index (χ3n) is 3.56. The lowest BCUT2D eigenvalue weighted by atomic mass is 10.2. The van der Waals surface area contributed by atoms with E-state index in [9.17, 15) is 9.59 Å². The van der Waals surface area contributed by atoms with E-state index in [1.807, 2.05) is 38.1 Å². The largest absolute Gasteiger partial charge is 0.353 e. The Hall–Kier alpha value is -1.36. The predicted molar refractivity (Wildman–Crippen MR) is 82.3 cm³/mol. The molecule has 2 amide bonds. The molecule has 2 N–H and O–H groups in total. The molecule has 1 aliphatic carbocycles. The fourth-order valence-electron chi connectivity index (χ4n) is 2.03. The number of benzene rings is 1. The summed E-state index contributed by atoms with van der Waals surface area (Å²) in [5.41, 5.74) is 0.748. The Morgan fingerprint density at radius 3 is 2.70 bits per heavy atom. The summed E-state index contributed by atoms with van der Waals surface area (Å²) in [5.74, 6) is -0.449. The topological polar surface area (TPSA) is 58.2 Å². The van der Waals surface area contributed by atoms with Crippen LogP contribution in [0.2, 0.25) is 0 Å². The maximum absolute atomic E-state index is 12.0. The van der Waals surface area contributed by atoms with Gasteiger partial charge in [0.05, 0.1) is 11.8 Å². The highest BCUT2D eigenvalue weighted by Gasteiger charge is 2.48. The number of carbonyl (C=O) groups is 2. The molecule has 1 fully saturated rings. The summed E-state index contributed by atoms with van der Waals surface area (Å²) in [5, 5.41) is 5.77. The van der Waals surface area contributed by atoms with Crippen molar-refractivity contribution in [1.29, 1.82) is 0 Å². The maximum Gasteiger partial charge on any atom is 0.228 e. The van der Waals surface area contributed by atoms with E-state index in [2.05, 4.69) is 26.6 Å². The molecule has 0 radical (unpaired) electrons. The number of carbonyl (C=O) groups excluding carboxylic acids is 2. The third-order valence-corrected chi connectivity index (χ3v) is 4.05. The average molecular weight is 339 g/mol. The molecule has 2 rings (SSSR count). The summed E-state index contributed by atoms with van der Waals surface area (Å²) < 4.78 is 0.914. The summed E-state index contributed by atoms with van der Waals surface area (Å²) in [4.78, 5) is 23.9. The van der Waals surface area contributed by atoms with Crippen LogP contribution in [0, 0.1) is 11.8 Å². The van der Waals surface area contributed by atoms with E-state index in [0.717, 1.165) is 16.6 Å². The molecule has 0 saturated heterocycles. The van der Waals surface area contributed by atoms with Crippen LogP contribution in [0.1, 0.15) is 26.7 Å². The van der Waals surface area contributed by atoms with Gasteiger partial charge in [-0.05, 0) is 38.0 Å². The van der Waals surface area contributed by atoms with Gasteiger partial charge < -0.3 is 10.6 Å². The molecule has 0 spiro atoms. The van der Waals surface area contributed by atoms with Gasteiger partial charge in [0.25, 0.3) is 0 Å². The van der Waals surface area contributed by atoms with Gasteiger partial charge >= 0.3 is 0 Å². The van der Waals surface area contributed by atoms with E-state index in [1.54, 1.807) is 0 Å². The molecule has 0 aromatic heterocycles. The second-order valence-corrected chi connectivity index (χ2v) is 6.18. The smallest absolute Gasteiger partial charge is 0.228 e. The maximum atomic E-state index is 12.0. The number of amides is 2. The molecule has 1 aromatic carbocycles. The minimum absolute atomic E-state index is 0.00579. The molecule has 1 aliphatic rings. The van der Waals surface area contributed by atoms with Crippen molar-refractivity contribution in [2.75, 3.05) is 5.32 Å². The third kappa shape index (κ3) is 3.82. The zero-order valence-electron chi connectivity index (χ0n) is 11.7. The van der Waals surface area contributed by atoms with E-state index in [4.69, 9.17) is 0 Å². The van der Waals surface area contributed by atoms with Crippen molar-refractivity contribution in [2.24, 2.45) is 11.8 Å². The highest BCUT2D eigenvalue weighted by molar-refractivity contribution is 9.10. The van der Waals surface area contributed by atoms with Crippen LogP contribution in [0.15, 0.2) is 28.7 Å². The normalized spacial score (nSPS) is 21.9. The lowest BCUT2D eigenvalue weighted by Gasteiger charge is -2.11. The Morgan fingerprint density at radius 1 is 1.35 bits per heavy atom. The molecule has 0 bridgehead atoms. The zero-order chi connectivity index (χ0) is 14.7. The van der Waals surface area contributed by atoms with Crippen LogP contribution in [-0.4, -0.2) is 17.9 Å². The Morgan fingerprint density at radius 2 is 2.05 bits per heavy atom. The number of nitrogens with one attached hydrogen (secondary N) is 2. The summed E-state index contributed by atoms with van der Waals surface area (Å²) in [7, 11) is 0. The first-order valence-corrected chi connectivity index (χ1v) is 7.67.